The summed E-state index contributed by atoms with van der Waals surface area (Å²) in [7, 11) is 0. The van der Waals surface area contributed by atoms with E-state index < -0.39 is 29.7 Å². The van der Waals surface area contributed by atoms with Gasteiger partial charge in [-0.05, 0) is 49.0 Å². The van der Waals surface area contributed by atoms with Crippen LogP contribution in [0.5, 0.6) is 0 Å². The molecule has 7 heteroatoms. The van der Waals surface area contributed by atoms with Gasteiger partial charge in [0.1, 0.15) is 6.61 Å². The Balaban J connectivity index is 1.65. The summed E-state index contributed by atoms with van der Waals surface area (Å²) in [5, 5.41) is 5.39. The molecule has 2 N–H and O–H groups in total. The first-order valence-electron chi connectivity index (χ1n) is 11.7. The lowest BCUT2D eigenvalue weighted by atomic mass is 9.81. The minimum atomic E-state index is -0.751. The number of carbonyl (C=O) groups excluding carboxylic acids is 4. The van der Waals surface area contributed by atoms with Crippen molar-refractivity contribution in [2.75, 3.05) is 6.54 Å². The highest BCUT2D eigenvalue weighted by Gasteiger charge is 2.40. The first kappa shape index (κ1) is 24.0. The molecule has 0 aromatic heterocycles. The molecule has 1 saturated heterocycles. The van der Waals surface area contributed by atoms with E-state index in [0.29, 0.717) is 18.9 Å². The fourth-order valence-corrected chi connectivity index (χ4v) is 4.87. The average molecular weight is 443 g/mol. The van der Waals surface area contributed by atoms with Crippen molar-refractivity contribution in [3.63, 3.8) is 0 Å². The van der Waals surface area contributed by atoms with Crippen LogP contribution in [0.15, 0.2) is 30.3 Å². The zero-order valence-corrected chi connectivity index (χ0v) is 19.0. The van der Waals surface area contributed by atoms with Crippen LogP contribution in [-0.4, -0.2) is 36.2 Å². The molecule has 32 heavy (non-hydrogen) atoms. The summed E-state index contributed by atoms with van der Waals surface area (Å²) >= 11 is 0. The number of benzene rings is 1. The third kappa shape index (κ3) is 6.65. The predicted octanol–water partition coefficient (Wildman–Crippen LogP) is 3.41. The van der Waals surface area contributed by atoms with E-state index in [9.17, 15) is 19.2 Å². The van der Waals surface area contributed by atoms with E-state index in [4.69, 9.17) is 4.74 Å². The van der Waals surface area contributed by atoms with Gasteiger partial charge >= 0.3 is 6.09 Å². The Hall–Kier alpha value is -2.70. The van der Waals surface area contributed by atoms with Crippen molar-refractivity contribution < 1.29 is 23.9 Å². The predicted molar refractivity (Wildman–Crippen MR) is 120 cm³/mol. The van der Waals surface area contributed by atoms with Crippen molar-refractivity contribution in [2.45, 2.75) is 65.0 Å². The lowest BCUT2D eigenvalue weighted by Crippen LogP contribution is -2.45. The highest BCUT2D eigenvalue weighted by molar-refractivity contribution is 6.37. The van der Waals surface area contributed by atoms with Gasteiger partial charge in [0.15, 0.2) is 5.78 Å². The summed E-state index contributed by atoms with van der Waals surface area (Å²) in [6, 6.07) is 8.56. The van der Waals surface area contributed by atoms with Gasteiger partial charge in [-0.3, -0.25) is 14.4 Å². The molecule has 1 aromatic carbocycles. The van der Waals surface area contributed by atoms with Gasteiger partial charge in [-0.1, -0.05) is 50.6 Å². The summed E-state index contributed by atoms with van der Waals surface area (Å²) in [6.45, 7) is 4.56. The Kier molecular flexibility index (Phi) is 8.42. The number of nitrogens with one attached hydrogen (secondary N) is 2. The lowest BCUT2D eigenvalue weighted by molar-refractivity contribution is -0.142. The molecule has 7 nitrogen and oxygen atoms in total. The number of ketones is 2. The molecule has 2 amide bonds. The van der Waals surface area contributed by atoms with E-state index in [1.165, 1.54) is 0 Å². The van der Waals surface area contributed by atoms with Crippen LogP contribution >= 0.6 is 0 Å². The fourth-order valence-electron chi connectivity index (χ4n) is 4.87. The molecule has 2 bridgehead atoms. The van der Waals surface area contributed by atoms with Crippen LogP contribution in [0.2, 0.25) is 0 Å². The van der Waals surface area contributed by atoms with Crippen molar-refractivity contribution in [1.82, 2.24) is 10.6 Å². The third-order valence-corrected chi connectivity index (χ3v) is 6.57. The number of Topliss-reactive ketones (excluding diaryl/α,β-unsaturated/α-hetero) is 2. The van der Waals surface area contributed by atoms with Crippen molar-refractivity contribution >= 4 is 23.6 Å². The first-order valence-corrected chi connectivity index (χ1v) is 11.7. The van der Waals surface area contributed by atoms with E-state index in [-0.39, 0.29) is 30.6 Å². The summed E-state index contributed by atoms with van der Waals surface area (Å²) in [4.78, 5) is 50.7. The van der Waals surface area contributed by atoms with Crippen LogP contribution in [0.1, 0.15) is 57.9 Å². The Bertz CT molecular complexity index is 823. The topological polar surface area (TPSA) is 102 Å². The third-order valence-electron chi connectivity index (χ3n) is 6.57. The van der Waals surface area contributed by atoms with E-state index in [1.807, 2.05) is 44.2 Å². The normalized spacial score (nSPS) is 24.2. The quantitative estimate of drug-likeness (QED) is 0.601. The molecular formula is C25H34N2O5. The minimum absolute atomic E-state index is 0.0278. The zero-order valence-electron chi connectivity index (χ0n) is 19.0. The molecule has 1 aliphatic heterocycles. The number of hydrogen-bond donors (Lipinski definition) is 2. The number of hydrogen-bond acceptors (Lipinski definition) is 5. The van der Waals surface area contributed by atoms with Gasteiger partial charge in [-0.15, -0.1) is 0 Å². The van der Waals surface area contributed by atoms with Crippen molar-refractivity contribution in [3.8, 4) is 0 Å². The Morgan fingerprint density at radius 3 is 2.59 bits per heavy atom. The largest absolute Gasteiger partial charge is 0.445 e. The average Bonchev–Trinajstić information content (AvgIpc) is 3.24. The van der Waals surface area contributed by atoms with E-state index in [0.717, 1.165) is 31.2 Å². The number of rotatable bonds is 8. The number of amides is 2. The first-order chi connectivity index (χ1) is 15.3. The minimum Gasteiger partial charge on any atom is -0.445 e. The number of alkyl carbamates (subject to hydrolysis) is 1. The molecule has 1 aromatic rings. The zero-order chi connectivity index (χ0) is 23.1. The van der Waals surface area contributed by atoms with Gasteiger partial charge in [-0.25, -0.2) is 4.79 Å². The lowest BCUT2D eigenvalue weighted by Gasteiger charge is -2.24. The number of fused-ring (bicyclic) bond motifs is 2. The molecule has 1 saturated carbocycles. The van der Waals surface area contributed by atoms with Crippen LogP contribution in [0, 0.1) is 23.7 Å². The molecule has 4 atom stereocenters. The highest BCUT2D eigenvalue weighted by Crippen LogP contribution is 2.40. The summed E-state index contributed by atoms with van der Waals surface area (Å²) in [5.41, 5.74) is 0.854. The van der Waals surface area contributed by atoms with Gasteiger partial charge in [0.05, 0.1) is 6.04 Å². The van der Waals surface area contributed by atoms with Gasteiger partial charge in [0, 0.05) is 18.9 Å². The Morgan fingerprint density at radius 1 is 1.12 bits per heavy atom. The van der Waals surface area contributed by atoms with Gasteiger partial charge in [-0.2, -0.15) is 0 Å². The van der Waals surface area contributed by atoms with E-state index in [2.05, 4.69) is 10.6 Å². The van der Waals surface area contributed by atoms with Gasteiger partial charge in [0.25, 0.3) is 5.91 Å². The standard InChI is InChI=1S/C25H34N2O5/c1-16(2)12-21(27-25(31)32-15-18-6-4-3-5-7-18)22(28)14-20-19-9-8-17(13-19)10-11-26-24(30)23(20)29/h3-7,16-17,19-21H,8-15H2,1-2H3,(H,26,30)(H,27,31). The molecular weight excluding hydrogens is 408 g/mol. The fraction of sp³-hybridized carbons (Fsp3) is 0.600. The second kappa shape index (κ2) is 11.2. The van der Waals surface area contributed by atoms with Crippen molar-refractivity contribution in [3.05, 3.63) is 35.9 Å². The van der Waals surface area contributed by atoms with E-state index >= 15 is 0 Å². The van der Waals surface area contributed by atoms with Crippen LogP contribution in [0.4, 0.5) is 4.79 Å². The molecule has 1 aliphatic carbocycles. The Labute approximate surface area is 189 Å². The highest BCUT2D eigenvalue weighted by atomic mass is 16.5. The second-order valence-electron chi connectivity index (χ2n) is 9.51. The molecule has 0 radical (unpaired) electrons. The van der Waals surface area contributed by atoms with Crippen molar-refractivity contribution in [1.29, 1.82) is 0 Å². The smallest absolute Gasteiger partial charge is 0.408 e. The van der Waals surface area contributed by atoms with Crippen LogP contribution in [0.25, 0.3) is 0 Å². The maximum absolute atomic E-state index is 13.2. The van der Waals surface area contributed by atoms with E-state index in [1.54, 1.807) is 0 Å². The van der Waals surface area contributed by atoms with Crippen molar-refractivity contribution in [2.24, 2.45) is 23.7 Å². The molecule has 0 spiro atoms. The van der Waals surface area contributed by atoms with Crippen LogP contribution in [0.3, 0.4) is 0 Å². The molecule has 174 valence electrons. The van der Waals surface area contributed by atoms with Gasteiger partial charge < -0.3 is 15.4 Å². The second-order valence-corrected chi connectivity index (χ2v) is 9.51. The molecule has 2 aliphatic rings. The summed E-state index contributed by atoms with van der Waals surface area (Å²) in [5.74, 6) is -1.24. The molecule has 2 fully saturated rings. The maximum atomic E-state index is 13.2. The van der Waals surface area contributed by atoms with Crippen LogP contribution < -0.4 is 10.6 Å². The monoisotopic (exact) mass is 442 g/mol. The molecule has 1 heterocycles. The number of ether oxygens (including phenoxy) is 1. The maximum Gasteiger partial charge on any atom is 0.408 e. The van der Waals surface area contributed by atoms with Crippen LogP contribution in [-0.2, 0) is 25.7 Å². The molecule has 3 rings (SSSR count). The Morgan fingerprint density at radius 2 is 1.88 bits per heavy atom. The van der Waals surface area contributed by atoms with Gasteiger partial charge in [0.2, 0.25) is 5.78 Å². The summed E-state index contributed by atoms with van der Waals surface area (Å²) in [6.07, 6.45) is 3.40. The summed E-state index contributed by atoms with van der Waals surface area (Å²) < 4.78 is 5.29. The number of carbonyl (C=O) groups is 4. The molecule has 4 unspecified atom stereocenters. The SMILES string of the molecule is CC(C)CC(NC(=O)OCc1ccccc1)C(=O)CC1C(=O)C(=O)NCCC2CCC1C2.